The Morgan fingerprint density at radius 3 is 1.95 bits per heavy atom. The van der Waals surface area contributed by atoms with Gasteiger partial charge in [0.15, 0.2) is 0 Å². The number of hydrogen-bond donors (Lipinski definition) is 2. The molecule has 0 spiro atoms. The maximum Gasteiger partial charge on any atom is 0.115 e. The first kappa shape index (κ1) is 14.3. The minimum Gasteiger partial charge on any atom is -0.508 e. The van der Waals surface area contributed by atoms with E-state index in [1.54, 1.807) is 24.1 Å². The molecule has 0 radical (unpaired) electrons. The molecule has 0 fully saturated rings. The fourth-order valence-corrected chi connectivity index (χ4v) is 2.03. The van der Waals surface area contributed by atoms with E-state index in [9.17, 15) is 9.50 Å². The van der Waals surface area contributed by atoms with E-state index in [4.69, 9.17) is 5.11 Å². The van der Waals surface area contributed by atoms with Crippen molar-refractivity contribution in [3.8, 4) is 16.9 Å². The number of aliphatic hydroxyl groups excluding tert-OH is 1. The van der Waals surface area contributed by atoms with Gasteiger partial charge in [0.2, 0.25) is 0 Å². The van der Waals surface area contributed by atoms with E-state index in [2.05, 4.69) is 0 Å². The van der Waals surface area contributed by atoms with E-state index in [0.717, 1.165) is 16.8 Å². The molecular weight excluding hydrogens is 257 g/mol. The lowest BCUT2D eigenvalue weighted by atomic mass is 10.0. The van der Waals surface area contributed by atoms with Crippen LogP contribution in [0.5, 0.6) is 5.75 Å². The number of likely N-dealkylation sites (N-methyl/N-ethyl adjacent to an activating group) is 1. The minimum atomic E-state index is -0.591. The maximum atomic E-state index is 12.8. The van der Waals surface area contributed by atoms with Crippen molar-refractivity contribution in [1.82, 2.24) is 0 Å². The molecule has 20 heavy (non-hydrogen) atoms. The first-order chi connectivity index (χ1) is 9.65. The predicted octanol–water partition coefficient (Wildman–Crippen LogP) is 2.83. The van der Waals surface area contributed by atoms with Crippen LogP contribution in [0.25, 0.3) is 11.1 Å². The van der Waals surface area contributed by atoms with E-state index < -0.39 is 12.7 Å². The lowest BCUT2D eigenvalue weighted by Gasteiger charge is -2.26. The summed E-state index contributed by atoms with van der Waals surface area (Å²) in [5, 5.41) is 18.4. The Hall–Kier alpha value is -2.07. The van der Waals surface area contributed by atoms with Gasteiger partial charge in [-0.15, -0.1) is 0 Å². The molecule has 0 aliphatic rings. The number of rotatable bonds is 5. The molecule has 2 N–H and O–H groups in total. The Morgan fingerprint density at radius 2 is 1.50 bits per heavy atom. The van der Waals surface area contributed by atoms with Crippen molar-refractivity contribution in [3.63, 3.8) is 0 Å². The van der Waals surface area contributed by atoms with Gasteiger partial charge < -0.3 is 15.1 Å². The molecule has 1 unspecified atom stereocenters. The van der Waals surface area contributed by atoms with E-state index in [1.165, 1.54) is 0 Å². The number of aliphatic hydroxyl groups is 1. The molecule has 4 heteroatoms. The number of nitrogens with zero attached hydrogens (tertiary/aromatic N) is 1. The number of aromatic hydroxyl groups is 1. The summed E-state index contributed by atoms with van der Waals surface area (Å²) in [5.41, 5.74) is 2.87. The SMILES string of the molecule is CN(c1ccc(-c2ccc(O)cc2)cc1)C(CO)CF. The molecule has 0 saturated carbocycles. The fourth-order valence-electron chi connectivity index (χ4n) is 2.03. The summed E-state index contributed by atoms with van der Waals surface area (Å²) in [6.07, 6.45) is 0. The molecule has 0 heterocycles. The summed E-state index contributed by atoms with van der Waals surface area (Å²) >= 11 is 0. The normalized spacial score (nSPS) is 12.2. The van der Waals surface area contributed by atoms with Crippen LogP contribution in [-0.2, 0) is 0 Å². The molecule has 0 amide bonds. The third-order valence-corrected chi connectivity index (χ3v) is 3.41. The second kappa shape index (κ2) is 6.39. The predicted molar refractivity (Wildman–Crippen MR) is 78.8 cm³/mol. The third-order valence-electron chi connectivity index (χ3n) is 3.41. The van der Waals surface area contributed by atoms with Gasteiger partial charge in [0.25, 0.3) is 0 Å². The van der Waals surface area contributed by atoms with E-state index in [-0.39, 0.29) is 12.4 Å². The van der Waals surface area contributed by atoms with Gasteiger partial charge in [-0.05, 0) is 35.4 Å². The molecular formula is C16H18FNO2. The standard InChI is InChI=1S/C16H18FNO2/c1-18(15(10-17)11-19)14-6-2-12(3-7-14)13-4-8-16(20)9-5-13/h2-9,15,19-20H,10-11H2,1H3. The second-order valence-corrected chi connectivity index (χ2v) is 4.70. The first-order valence-electron chi connectivity index (χ1n) is 6.45. The number of phenolic OH excluding ortho intramolecular Hbond substituents is 1. The van der Waals surface area contributed by atoms with Crippen molar-refractivity contribution in [1.29, 1.82) is 0 Å². The molecule has 0 aromatic heterocycles. The lowest BCUT2D eigenvalue weighted by Crippen LogP contribution is -2.36. The summed E-state index contributed by atoms with van der Waals surface area (Å²) in [5.74, 6) is 0.235. The van der Waals surface area contributed by atoms with Gasteiger partial charge in [0, 0.05) is 12.7 Å². The quantitative estimate of drug-likeness (QED) is 0.882. The molecule has 2 rings (SSSR count). The maximum absolute atomic E-state index is 12.8. The Morgan fingerprint density at radius 1 is 1.00 bits per heavy atom. The van der Waals surface area contributed by atoms with Crippen molar-refractivity contribution in [3.05, 3.63) is 48.5 Å². The van der Waals surface area contributed by atoms with Crippen LogP contribution in [0, 0.1) is 0 Å². The summed E-state index contributed by atoms with van der Waals surface area (Å²) in [6.45, 7) is -0.806. The number of hydrogen-bond acceptors (Lipinski definition) is 3. The number of benzene rings is 2. The highest BCUT2D eigenvalue weighted by molar-refractivity contribution is 5.67. The second-order valence-electron chi connectivity index (χ2n) is 4.70. The smallest absolute Gasteiger partial charge is 0.115 e. The van der Waals surface area contributed by atoms with Gasteiger partial charge in [0.1, 0.15) is 12.4 Å². The minimum absolute atomic E-state index is 0.216. The van der Waals surface area contributed by atoms with Gasteiger partial charge in [0.05, 0.1) is 12.6 Å². The van der Waals surface area contributed by atoms with Crippen LogP contribution < -0.4 is 4.90 Å². The van der Waals surface area contributed by atoms with E-state index in [1.807, 2.05) is 36.4 Å². The number of anilines is 1. The Bertz CT molecular complexity index is 535. The van der Waals surface area contributed by atoms with Gasteiger partial charge in [-0.2, -0.15) is 0 Å². The van der Waals surface area contributed by atoms with Gasteiger partial charge in [-0.25, -0.2) is 4.39 Å². The Balaban J connectivity index is 2.19. The zero-order valence-corrected chi connectivity index (χ0v) is 11.3. The van der Waals surface area contributed by atoms with Crippen LogP contribution in [-0.4, -0.2) is 36.6 Å². The Labute approximate surface area is 117 Å². The van der Waals surface area contributed by atoms with Crippen molar-refractivity contribution in [2.75, 3.05) is 25.2 Å². The molecule has 0 saturated heterocycles. The van der Waals surface area contributed by atoms with E-state index in [0.29, 0.717) is 0 Å². The van der Waals surface area contributed by atoms with Crippen molar-refractivity contribution >= 4 is 5.69 Å². The zero-order valence-electron chi connectivity index (χ0n) is 11.3. The lowest BCUT2D eigenvalue weighted by molar-refractivity contribution is 0.238. The fraction of sp³-hybridized carbons (Fsp3) is 0.250. The van der Waals surface area contributed by atoms with Crippen LogP contribution >= 0.6 is 0 Å². The van der Waals surface area contributed by atoms with Gasteiger partial charge in [-0.3, -0.25) is 0 Å². The van der Waals surface area contributed by atoms with Crippen LogP contribution in [0.4, 0.5) is 10.1 Å². The summed E-state index contributed by atoms with van der Waals surface area (Å²) in [4.78, 5) is 1.72. The van der Waals surface area contributed by atoms with Crippen LogP contribution in [0.2, 0.25) is 0 Å². The topological polar surface area (TPSA) is 43.7 Å². The first-order valence-corrected chi connectivity index (χ1v) is 6.45. The number of alkyl halides is 1. The largest absolute Gasteiger partial charge is 0.508 e. The van der Waals surface area contributed by atoms with E-state index >= 15 is 0 Å². The highest BCUT2D eigenvalue weighted by Crippen LogP contribution is 2.25. The summed E-state index contributed by atoms with van der Waals surface area (Å²) < 4.78 is 12.8. The molecule has 1 atom stereocenters. The molecule has 0 aliphatic heterocycles. The monoisotopic (exact) mass is 275 g/mol. The summed E-state index contributed by atoms with van der Waals surface area (Å²) in [7, 11) is 1.76. The Kier molecular flexibility index (Phi) is 4.58. The number of halogens is 1. The average molecular weight is 275 g/mol. The average Bonchev–Trinajstić information content (AvgIpc) is 2.49. The highest BCUT2D eigenvalue weighted by Gasteiger charge is 2.13. The summed E-state index contributed by atoms with van der Waals surface area (Å²) in [6, 6.07) is 14.1. The molecule has 3 nitrogen and oxygen atoms in total. The number of phenols is 1. The molecule has 2 aromatic carbocycles. The molecule has 0 aliphatic carbocycles. The highest BCUT2D eigenvalue weighted by atomic mass is 19.1. The van der Waals surface area contributed by atoms with Crippen molar-refractivity contribution in [2.45, 2.75) is 6.04 Å². The molecule has 2 aromatic rings. The van der Waals surface area contributed by atoms with Crippen molar-refractivity contribution in [2.24, 2.45) is 0 Å². The van der Waals surface area contributed by atoms with Crippen molar-refractivity contribution < 1.29 is 14.6 Å². The van der Waals surface area contributed by atoms with Gasteiger partial charge >= 0.3 is 0 Å². The van der Waals surface area contributed by atoms with Gasteiger partial charge in [-0.1, -0.05) is 24.3 Å². The van der Waals surface area contributed by atoms with Crippen LogP contribution in [0.3, 0.4) is 0 Å². The molecule has 0 bridgehead atoms. The zero-order chi connectivity index (χ0) is 14.5. The molecule has 106 valence electrons. The van der Waals surface area contributed by atoms with Crippen LogP contribution in [0.1, 0.15) is 0 Å². The third kappa shape index (κ3) is 3.08. The van der Waals surface area contributed by atoms with Crippen LogP contribution in [0.15, 0.2) is 48.5 Å².